The Hall–Kier alpha value is -2.61. The van der Waals surface area contributed by atoms with Crippen LogP contribution >= 0.6 is 12.2 Å². The molecule has 0 atom stereocenters. The molecule has 26 heavy (non-hydrogen) atoms. The van der Waals surface area contributed by atoms with Crippen molar-refractivity contribution in [3.05, 3.63) is 78.1 Å². The van der Waals surface area contributed by atoms with Crippen molar-refractivity contribution in [3.8, 4) is 22.3 Å². The monoisotopic (exact) mass is 361 g/mol. The molecule has 3 aromatic carbocycles. The quantitative estimate of drug-likeness (QED) is 0.333. The van der Waals surface area contributed by atoms with Crippen LogP contribution in [0.15, 0.2) is 71.7 Å². The first-order valence-electron chi connectivity index (χ1n) is 8.78. The molecule has 0 aliphatic rings. The minimum atomic E-state index is -0.233. The summed E-state index contributed by atoms with van der Waals surface area (Å²) < 4.78 is 14.7. The summed E-state index contributed by atoms with van der Waals surface area (Å²) in [6.45, 7) is 2.19. The number of unbranched alkanes of at least 4 members (excludes halogenated alkanes) is 1. The molecule has 0 saturated carbocycles. The normalized spacial score (nSPS) is 10.4. The number of isothiocyanates is 1. The average Bonchev–Trinajstić information content (AvgIpc) is 2.68. The highest BCUT2D eigenvalue weighted by molar-refractivity contribution is 7.78. The largest absolute Gasteiger partial charge is 0.206 e. The van der Waals surface area contributed by atoms with Gasteiger partial charge in [-0.15, -0.1) is 0 Å². The van der Waals surface area contributed by atoms with Crippen molar-refractivity contribution >= 4 is 23.1 Å². The van der Waals surface area contributed by atoms with Crippen LogP contribution in [0.2, 0.25) is 0 Å². The standard InChI is InChI=1S/C23H20FNS/c1-2-3-4-17-5-7-18(8-6-17)20-11-14-22(23(24)15-20)19-9-12-21(13-10-19)25-16-26/h5-15H,2-4H2,1H3. The van der Waals surface area contributed by atoms with Gasteiger partial charge in [0.2, 0.25) is 0 Å². The number of rotatable bonds is 6. The fourth-order valence-corrected chi connectivity index (χ4v) is 3.05. The molecule has 0 bridgehead atoms. The summed E-state index contributed by atoms with van der Waals surface area (Å²) in [5, 5.41) is 2.33. The van der Waals surface area contributed by atoms with Gasteiger partial charge in [-0.3, -0.25) is 0 Å². The van der Waals surface area contributed by atoms with Gasteiger partial charge in [0.1, 0.15) is 5.82 Å². The van der Waals surface area contributed by atoms with E-state index < -0.39 is 0 Å². The lowest BCUT2D eigenvalue weighted by atomic mass is 9.98. The van der Waals surface area contributed by atoms with Gasteiger partial charge in [-0.05, 0) is 65.5 Å². The first kappa shape index (κ1) is 18.2. The maximum absolute atomic E-state index is 14.7. The van der Waals surface area contributed by atoms with Crippen molar-refractivity contribution in [2.75, 3.05) is 0 Å². The number of thiocarbonyl (C=S) groups is 1. The third-order valence-electron chi connectivity index (χ3n) is 4.43. The van der Waals surface area contributed by atoms with E-state index in [0.717, 1.165) is 23.1 Å². The average molecular weight is 361 g/mol. The maximum Gasteiger partial charge on any atom is 0.131 e. The number of benzene rings is 3. The molecule has 0 unspecified atom stereocenters. The summed E-state index contributed by atoms with van der Waals surface area (Å²) in [6, 6.07) is 21.1. The summed E-state index contributed by atoms with van der Waals surface area (Å²) in [7, 11) is 0. The van der Waals surface area contributed by atoms with E-state index in [1.54, 1.807) is 18.2 Å². The van der Waals surface area contributed by atoms with Crippen molar-refractivity contribution < 1.29 is 4.39 Å². The second-order valence-corrected chi connectivity index (χ2v) is 6.43. The first-order valence-corrected chi connectivity index (χ1v) is 9.19. The molecule has 0 aliphatic heterocycles. The second-order valence-electron chi connectivity index (χ2n) is 6.25. The van der Waals surface area contributed by atoms with E-state index in [9.17, 15) is 4.39 Å². The molecule has 3 aromatic rings. The molecule has 3 heteroatoms. The zero-order chi connectivity index (χ0) is 18.4. The Morgan fingerprint density at radius 3 is 2.15 bits per heavy atom. The van der Waals surface area contributed by atoms with E-state index >= 15 is 0 Å². The fraction of sp³-hybridized carbons (Fsp3) is 0.174. The lowest BCUT2D eigenvalue weighted by molar-refractivity contribution is 0.632. The van der Waals surface area contributed by atoms with Crippen LogP contribution in [-0.4, -0.2) is 5.16 Å². The molecule has 0 N–H and O–H groups in total. The summed E-state index contributed by atoms with van der Waals surface area (Å²) in [5.74, 6) is -0.233. The Bertz CT molecular complexity index is 923. The van der Waals surface area contributed by atoms with E-state index in [1.807, 2.05) is 24.3 Å². The zero-order valence-corrected chi connectivity index (χ0v) is 15.5. The van der Waals surface area contributed by atoms with Gasteiger partial charge in [-0.1, -0.05) is 61.9 Å². The molecule has 0 amide bonds. The van der Waals surface area contributed by atoms with E-state index in [-0.39, 0.29) is 5.82 Å². The van der Waals surface area contributed by atoms with Gasteiger partial charge in [0, 0.05) is 5.56 Å². The van der Waals surface area contributed by atoms with Crippen LogP contribution in [0.3, 0.4) is 0 Å². The predicted molar refractivity (Wildman–Crippen MR) is 111 cm³/mol. The van der Waals surface area contributed by atoms with Crippen molar-refractivity contribution in [1.82, 2.24) is 0 Å². The van der Waals surface area contributed by atoms with Crippen LogP contribution in [0, 0.1) is 5.82 Å². The van der Waals surface area contributed by atoms with Gasteiger partial charge < -0.3 is 0 Å². The Kier molecular flexibility index (Phi) is 6.06. The third kappa shape index (κ3) is 4.32. The lowest BCUT2D eigenvalue weighted by Crippen LogP contribution is -1.88. The summed E-state index contributed by atoms with van der Waals surface area (Å²) in [4.78, 5) is 3.91. The Morgan fingerprint density at radius 2 is 1.54 bits per heavy atom. The van der Waals surface area contributed by atoms with Gasteiger partial charge in [-0.25, -0.2) is 4.39 Å². The predicted octanol–water partition coefficient (Wildman–Crippen LogP) is 7.24. The van der Waals surface area contributed by atoms with Crippen molar-refractivity contribution in [1.29, 1.82) is 0 Å². The smallest absolute Gasteiger partial charge is 0.131 e. The molecular formula is C23H20FNS. The lowest BCUT2D eigenvalue weighted by Gasteiger charge is -2.08. The maximum atomic E-state index is 14.7. The van der Waals surface area contributed by atoms with E-state index in [0.29, 0.717) is 11.3 Å². The van der Waals surface area contributed by atoms with Crippen molar-refractivity contribution in [2.45, 2.75) is 26.2 Å². The molecule has 130 valence electrons. The van der Waals surface area contributed by atoms with E-state index in [4.69, 9.17) is 0 Å². The van der Waals surface area contributed by atoms with E-state index in [2.05, 4.69) is 53.6 Å². The number of hydrogen-bond acceptors (Lipinski definition) is 2. The van der Waals surface area contributed by atoms with Crippen LogP contribution in [0.5, 0.6) is 0 Å². The molecule has 0 heterocycles. The molecule has 0 saturated heterocycles. The molecular weight excluding hydrogens is 341 g/mol. The Labute approximate surface area is 159 Å². The second kappa shape index (κ2) is 8.66. The third-order valence-corrected chi connectivity index (χ3v) is 4.52. The molecule has 0 fully saturated rings. The SMILES string of the molecule is CCCCc1ccc(-c2ccc(-c3ccc(N=C=S)cc3)c(F)c2)cc1. The van der Waals surface area contributed by atoms with Gasteiger partial charge in [-0.2, -0.15) is 4.99 Å². The van der Waals surface area contributed by atoms with Gasteiger partial charge in [0.05, 0.1) is 10.8 Å². The Morgan fingerprint density at radius 1 is 0.885 bits per heavy atom. The Balaban J connectivity index is 1.84. The highest BCUT2D eigenvalue weighted by Gasteiger charge is 2.08. The molecule has 3 rings (SSSR count). The number of aryl methyl sites for hydroxylation is 1. The summed E-state index contributed by atoms with van der Waals surface area (Å²) in [5.41, 5.74) is 5.34. The minimum Gasteiger partial charge on any atom is -0.206 e. The summed E-state index contributed by atoms with van der Waals surface area (Å²) in [6.07, 6.45) is 3.47. The molecule has 0 aromatic heterocycles. The molecule has 0 radical (unpaired) electrons. The topological polar surface area (TPSA) is 12.4 Å². The summed E-state index contributed by atoms with van der Waals surface area (Å²) >= 11 is 4.59. The molecule has 1 nitrogen and oxygen atoms in total. The minimum absolute atomic E-state index is 0.233. The van der Waals surface area contributed by atoms with Crippen LogP contribution < -0.4 is 0 Å². The van der Waals surface area contributed by atoms with Crippen LogP contribution in [0.1, 0.15) is 25.3 Å². The number of nitrogens with zero attached hydrogens (tertiary/aromatic N) is 1. The molecule has 0 spiro atoms. The number of hydrogen-bond donors (Lipinski definition) is 0. The highest BCUT2D eigenvalue weighted by atomic mass is 32.1. The van der Waals surface area contributed by atoms with Gasteiger partial charge in [0.25, 0.3) is 0 Å². The van der Waals surface area contributed by atoms with Crippen LogP contribution in [0.25, 0.3) is 22.3 Å². The van der Waals surface area contributed by atoms with Gasteiger partial charge in [0.15, 0.2) is 0 Å². The fourth-order valence-electron chi connectivity index (χ4n) is 2.94. The van der Waals surface area contributed by atoms with E-state index in [1.165, 1.54) is 18.4 Å². The first-order chi connectivity index (χ1) is 12.7. The van der Waals surface area contributed by atoms with Crippen LogP contribution in [0.4, 0.5) is 10.1 Å². The van der Waals surface area contributed by atoms with Gasteiger partial charge >= 0.3 is 0 Å². The van der Waals surface area contributed by atoms with Crippen molar-refractivity contribution in [3.63, 3.8) is 0 Å². The molecule has 0 aliphatic carbocycles. The number of halogens is 1. The highest BCUT2D eigenvalue weighted by Crippen LogP contribution is 2.29. The zero-order valence-electron chi connectivity index (χ0n) is 14.7. The number of aliphatic imine (C=N–C) groups is 1. The van der Waals surface area contributed by atoms with Crippen LogP contribution in [-0.2, 0) is 6.42 Å². The van der Waals surface area contributed by atoms with Crippen molar-refractivity contribution in [2.24, 2.45) is 4.99 Å².